The van der Waals surface area contributed by atoms with Gasteiger partial charge in [-0.2, -0.15) is 0 Å². The highest BCUT2D eigenvalue weighted by molar-refractivity contribution is 7.91. The average Bonchev–Trinajstić information content (AvgIpc) is 2.46. The minimum Gasteiger partial charge on any atom is -0.333 e. The summed E-state index contributed by atoms with van der Waals surface area (Å²) in [6, 6.07) is 8.12. The van der Waals surface area contributed by atoms with Gasteiger partial charge in [-0.05, 0) is 25.0 Å². The number of rotatable bonds is 4. The third-order valence-electron chi connectivity index (χ3n) is 3.68. The van der Waals surface area contributed by atoms with Crippen molar-refractivity contribution in [2.24, 2.45) is 0 Å². The highest BCUT2D eigenvalue weighted by atomic mass is 32.2. The van der Waals surface area contributed by atoms with Crippen molar-refractivity contribution in [1.82, 2.24) is 4.90 Å². The van der Waals surface area contributed by atoms with Crippen LogP contribution in [0.5, 0.6) is 0 Å². The summed E-state index contributed by atoms with van der Waals surface area (Å²) in [4.78, 5) is 24.7. The van der Waals surface area contributed by atoms with Gasteiger partial charge in [0.05, 0.1) is 5.25 Å². The number of carbonyl (C=O) groups is 2. The molecule has 21 heavy (non-hydrogen) atoms. The second-order valence-corrected chi connectivity index (χ2v) is 7.52. The minimum absolute atomic E-state index is 0.135. The predicted octanol–water partition coefficient (Wildman–Crippen LogP) is 0.659. The molecule has 1 aromatic carbocycles. The number of piperidine rings is 1. The zero-order valence-corrected chi connectivity index (χ0v) is 12.5. The molecule has 7 heteroatoms. The van der Waals surface area contributed by atoms with Crippen LogP contribution in [0.2, 0.25) is 0 Å². The van der Waals surface area contributed by atoms with Gasteiger partial charge in [-0.1, -0.05) is 18.2 Å². The van der Waals surface area contributed by atoms with Gasteiger partial charge in [0.1, 0.15) is 15.9 Å². The van der Waals surface area contributed by atoms with Crippen LogP contribution in [0.15, 0.2) is 30.3 Å². The van der Waals surface area contributed by atoms with Crippen LogP contribution < -0.4 is 5.32 Å². The SMILES string of the molecule is CS(=O)(=O)C1CCN(C=O)[C@H](C(=O)Nc2ccccc2)C1. The summed E-state index contributed by atoms with van der Waals surface area (Å²) in [7, 11) is -3.22. The number of nitrogens with one attached hydrogen (secondary N) is 1. The van der Waals surface area contributed by atoms with E-state index in [4.69, 9.17) is 0 Å². The molecule has 0 radical (unpaired) electrons. The first-order chi connectivity index (χ1) is 9.91. The first-order valence-electron chi connectivity index (χ1n) is 6.67. The van der Waals surface area contributed by atoms with Crippen LogP contribution in [0.3, 0.4) is 0 Å². The molecule has 6 nitrogen and oxygen atoms in total. The molecule has 114 valence electrons. The van der Waals surface area contributed by atoms with E-state index in [1.807, 2.05) is 6.07 Å². The lowest BCUT2D eigenvalue weighted by molar-refractivity contribution is -0.131. The Kier molecular flexibility index (Phi) is 4.62. The molecule has 2 atom stereocenters. The van der Waals surface area contributed by atoms with Crippen molar-refractivity contribution in [3.05, 3.63) is 30.3 Å². The Bertz CT molecular complexity index is 615. The molecular formula is C14H18N2O4S. The van der Waals surface area contributed by atoms with E-state index in [2.05, 4.69) is 5.32 Å². The highest BCUT2D eigenvalue weighted by Crippen LogP contribution is 2.23. The van der Waals surface area contributed by atoms with Crippen molar-refractivity contribution < 1.29 is 18.0 Å². The summed E-state index contributed by atoms with van der Waals surface area (Å²) in [5, 5.41) is 2.13. The summed E-state index contributed by atoms with van der Waals surface area (Å²) < 4.78 is 23.3. The number of amides is 2. The Morgan fingerprint density at radius 2 is 2.00 bits per heavy atom. The molecule has 1 N–H and O–H groups in total. The van der Waals surface area contributed by atoms with Gasteiger partial charge in [0.2, 0.25) is 12.3 Å². The molecule has 2 amide bonds. The smallest absolute Gasteiger partial charge is 0.247 e. The van der Waals surface area contributed by atoms with Gasteiger partial charge in [0, 0.05) is 18.5 Å². The van der Waals surface area contributed by atoms with Gasteiger partial charge in [-0.3, -0.25) is 9.59 Å². The number of para-hydroxylation sites is 1. The molecule has 1 heterocycles. The van der Waals surface area contributed by atoms with E-state index < -0.39 is 21.1 Å². The number of anilines is 1. The predicted molar refractivity (Wildman–Crippen MR) is 79.5 cm³/mol. The summed E-state index contributed by atoms with van der Waals surface area (Å²) in [6.07, 6.45) is 2.27. The molecule has 1 aliphatic rings. The van der Waals surface area contributed by atoms with Crippen LogP contribution in [-0.4, -0.2) is 49.7 Å². The fourth-order valence-corrected chi connectivity index (χ4v) is 3.54. The Labute approximate surface area is 124 Å². The lowest BCUT2D eigenvalue weighted by atomic mass is 10.0. The van der Waals surface area contributed by atoms with Crippen LogP contribution in [0.4, 0.5) is 5.69 Å². The van der Waals surface area contributed by atoms with Gasteiger partial charge in [-0.25, -0.2) is 8.42 Å². The molecule has 1 aliphatic heterocycles. The van der Waals surface area contributed by atoms with Crippen LogP contribution in [0.1, 0.15) is 12.8 Å². The molecule has 1 fully saturated rings. The summed E-state index contributed by atoms with van der Waals surface area (Å²) >= 11 is 0. The van der Waals surface area contributed by atoms with Crippen molar-refractivity contribution in [3.63, 3.8) is 0 Å². The van der Waals surface area contributed by atoms with E-state index >= 15 is 0 Å². The van der Waals surface area contributed by atoms with Gasteiger partial charge in [0.15, 0.2) is 0 Å². The zero-order valence-electron chi connectivity index (χ0n) is 11.7. The maximum Gasteiger partial charge on any atom is 0.247 e. The molecular weight excluding hydrogens is 292 g/mol. The fraction of sp³-hybridized carbons (Fsp3) is 0.429. The first-order valence-corrected chi connectivity index (χ1v) is 8.63. The van der Waals surface area contributed by atoms with E-state index in [9.17, 15) is 18.0 Å². The monoisotopic (exact) mass is 310 g/mol. The van der Waals surface area contributed by atoms with Crippen LogP contribution in [0.25, 0.3) is 0 Å². The van der Waals surface area contributed by atoms with Crippen LogP contribution >= 0.6 is 0 Å². The quantitative estimate of drug-likeness (QED) is 0.828. The molecule has 0 aliphatic carbocycles. The molecule has 1 aromatic rings. The van der Waals surface area contributed by atoms with E-state index in [0.29, 0.717) is 18.5 Å². The highest BCUT2D eigenvalue weighted by Gasteiger charge is 2.36. The summed E-state index contributed by atoms with van der Waals surface area (Å²) in [5.41, 5.74) is 0.620. The first kappa shape index (κ1) is 15.5. The van der Waals surface area contributed by atoms with Gasteiger partial charge < -0.3 is 10.2 Å². The second kappa shape index (κ2) is 6.26. The number of sulfone groups is 1. The number of nitrogens with zero attached hydrogens (tertiary/aromatic N) is 1. The zero-order chi connectivity index (χ0) is 15.5. The second-order valence-electron chi connectivity index (χ2n) is 5.19. The summed E-state index contributed by atoms with van der Waals surface area (Å²) in [5.74, 6) is -0.360. The Morgan fingerprint density at radius 3 is 2.57 bits per heavy atom. The number of hydrogen-bond donors (Lipinski definition) is 1. The van der Waals surface area contributed by atoms with Gasteiger partial charge >= 0.3 is 0 Å². The van der Waals surface area contributed by atoms with E-state index in [-0.39, 0.29) is 18.9 Å². The number of likely N-dealkylation sites (tertiary alicyclic amines) is 1. The normalized spacial score (nSPS) is 22.6. The maximum absolute atomic E-state index is 12.3. The topological polar surface area (TPSA) is 83.6 Å². The number of carbonyl (C=O) groups excluding carboxylic acids is 2. The van der Waals surface area contributed by atoms with E-state index in [1.165, 1.54) is 11.2 Å². The van der Waals surface area contributed by atoms with E-state index in [0.717, 1.165) is 0 Å². The number of benzene rings is 1. The van der Waals surface area contributed by atoms with Crippen LogP contribution in [0, 0.1) is 0 Å². The molecule has 0 spiro atoms. The molecule has 0 aromatic heterocycles. The standard InChI is InChI=1S/C14H18N2O4S/c1-21(19,20)12-7-8-16(10-17)13(9-12)14(18)15-11-5-3-2-4-6-11/h2-6,10,12-13H,7-9H2,1H3,(H,15,18)/t12?,13-/m0/s1. The molecule has 1 saturated heterocycles. The van der Waals surface area contributed by atoms with Crippen molar-refractivity contribution in [2.45, 2.75) is 24.1 Å². The Hall–Kier alpha value is -1.89. The molecule has 2 rings (SSSR count). The Balaban J connectivity index is 2.13. The lowest BCUT2D eigenvalue weighted by Gasteiger charge is -2.35. The van der Waals surface area contributed by atoms with E-state index in [1.54, 1.807) is 24.3 Å². The third-order valence-corrected chi connectivity index (χ3v) is 5.32. The maximum atomic E-state index is 12.3. The van der Waals surface area contributed by atoms with Gasteiger partial charge in [0.25, 0.3) is 0 Å². The Morgan fingerprint density at radius 1 is 1.33 bits per heavy atom. The average molecular weight is 310 g/mol. The molecule has 0 saturated carbocycles. The fourth-order valence-electron chi connectivity index (χ4n) is 2.47. The summed E-state index contributed by atoms with van der Waals surface area (Å²) in [6.45, 7) is 0.272. The lowest BCUT2D eigenvalue weighted by Crippen LogP contribution is -2.51. The molecule has 1 unspecified atom stereocenters. The van der Waals surface area contributed by atoms with Crippen molar-refractivity contribution in [1.29, 1.82) is 0 Å². The largest absolute Gasteiger partial charge is 0.333 e. The van der Waals surface area contributed by atoms with Crippen molar-refractivity contribution >= 4 is 27.8 Å². The van der Waals surface area contributed by atoms with Crippen molar-refractivity contribution in [2.75, 3.05) is 18.1 Å². The minimum atomic E-state index is -3.22. The third kappa shape index (κ3) is 3.81. The molecule has 0 bridgehead atoms. The number of hydrogen-bond acceptors (Lipinski definition) is 4. The van der Waals surface area contributed by atoms with Gasteiger partial charge in [-0.15, -0.1) is 0 Å². The van der Waals surface area contributed by atoms with Crippen molar-refractivity contribution in [3.8, 4) is 0 Å². The van der Waals surface area contributed by atoms with Crippen LogP contribution in [-0.2, 0) is 19.4 Å².